The average Bonchev–Trinajstić information content (AvgIpc) is 2.62. The van der Waals surface area contributed by atoms with Crippen molar-refractivity contribution < 1.29 is 22.7 Å². The largest absolute Gasteiger partial charge is 0.573 e. The molecule has 3 rings (SSSR count). The molecule has 0 saturated carbocycles. The minimum absolute atomic E-state index is 0.359. The third-order valence-corrected chi connectivity index (χ3v) is 4.34. The van der Waals surface area contributed by atoms with Crippen LogP contribution in [0.5, 0.6) is 5.75 Å². The van der Waals surface area contributed by atoms with E-state index in [0.29, 0.717) is 32.0 Å². The van der Waals surface area contributed by atoms with E-state index in [4.69, 9.17) is 5.73 Å². The molecule has 9 heteroatoms. The van der Waals surface area contributed by atoms with Gasteiger partial charge in [0.15, 0.2) is 0 Å². The van der Waals surface area contributed by atoms with Gasteiger partial charge in [-0.2, -0.15) is 0 Å². The standard InChI is InChI=1S/C18H19F3N4O2/c19-18(20,21)27-14-6-7-15(23-12-14)24-8-10-25(11-9-24)16(17(22)26)13-4-2-1-3-5-13/h1-7,12,16H,8-11H2,(H2,22,26). The Labute approximate surface area is 154 Å². The Morgan fingerprint density at radius 1 is 1.07 bits per heavy atom. The summed E-state index contributed by atoms with van der Waals surface area (Å²) in [6.07, 6.45) is -3.69. The minimum atomic E-state index is -4.74. The fourth-order valence-corrected chi connectivity index (χ4v) is 3.15. The molecule has 27 heavy (non-hydrogen) atoms. The highest BCUT2D eigenvalue weighted by molar-refractivity contribution is 5.81. The van der Waals surface area contributed by atoms with Crippen LogP contribution in [-0.4, -0.2) is 48.3 Å². The lowest BCUT2D eigenvalue weighted by molar-refractivity contribution is -0.274. The molecule has 144 valence electrons. The van der Waals surface area contributed by atoms with Gasteiger partial charge in [0.2, 0.25) is 5.91 Å². The molecule has 6 nitrogen and oxygen atoms in total. The first-order chi connectivity index (χ1) is 12.8. The second-order valence-corrected chi connectivity index (χ2v) is 6.14. The molecule has 1 fully saturated rings. The maximum atomic E-state index is 12.2. The first-order valence-corrected chi connectivity index (χ1v) is 8.38. The van der Waals surface area contributed by atoms with Crippen LogP contribution >= 0.6 is 0 Å². The zero-order valence-electron chi connectivity index (χ0n) is 14.4. The summed E-state index contributed by atoms with van der Waals surface area (Å²) in [5.41, 5.74) is 6.44. The number of nitrogens with zero attached hydrogens (tertiary/aromatic N) is 3. The van der Waals surface area contributed by atoms with E-state index in [0.717, 1.165) is 11.8 Å². The number of alkyl halides is 3. The van der Waals surface area contributed by atoms with Crippen molar-refractivity contribution in [2.75, 3.05) is 31.1 Å². The number of halogens is 3. The topological polar surface area (TPSA) is 71.7 Å². The number of aromatic nitrogens is 1. The highest BCUT2D eigenvalue weighted by atomic mass is 19.4. The van der Waals surface area contributed by atoms with Crippen LogP contribution in [-0.2, 0) is 4.79 Å². The second-order valence-electron chi connectivity index (χ2n) is 6.14. The predicted molar refractivity (Wildman–Crippen MR) is 93.1 cm³/mol. The van der Waals surface area contributed by atoms with Crippen molar-refractivity contribution >= 4 is 11.7 Å². The molecule has 1 amide bonds. The minimum Gasteiger partial charge on any atom is -0.404 e. The summed E-state index contributed by atoms with van der Waals surface area (Å²) in [5, 5.41) is 0. The van der Waals surface area contributed by atoms with Crippen LogP contribution in [0.4, 0.5) is 19.0 Å². The molecule has 0 aliphatic carbocycles. The molecule has 0 spiro atoms. The normalized spacial score (nSPS) is 16.8. The van der Waals surface area contributed by atoms with E-state index in [2.05, 4.69) is 9.72 Å². The van der Waals surface area contributed by atoms with Gasteiger partial charge < -0.3 is 15.4 Å². The van der Waals surface area contributed by atoms with Gasteiger partial charge in [0.25, 0.3) is 0 Å². The Kier molecular flexibility index (Phi) is 5.50. The van der Waals surface area contributed by atoms with Gasteiger partial charge in [-0.15, -0.1) is 13.2 Å². The van der Waals surface area contributed by atoms with Crippen molar-refractivity contribution in [3.8, 4) is 5.75 Å². The van der Waals surface area contributed by atoms with Gasteiger partial charge in [0, 0.05) is 26.2 Å². The smallest absolute Gasteiger partial charge is 0.404 e. The average molecular weight is 380 g/mol. The van der Waals surface area contributed by atoms with Gasteiger partial charge in [-0.25, -0.2) is 4.98 Å². The maximum Gasteiger partial charge on any atom is 0.573 e. The van der Waals surface area contributed by atoms with E-state index in [-0.39, 0.29) is 5.75 Å². The summed E-state index contributed by atoms with van der Waals surface area (Å²) in [4.78, 5) is 19.9. The molecule has 1 aromatic carbocycles. The second kappa shape index (κ2) is 7.83. The lowest BCUT2D eigenvalue weighted by Crippen LogP contribution is -2.50. The molecule has 0 radical (unpaired) electrons. The lowest BCUT2D eigenvalue weighted by Gasteiger charge is -2.38. The van der Waals surface area contributed by atoms with Crippen LogP contribution in [0.25, 0.3) is 0 Å². The lowest BCUT2D eigenvalue weighted by atomic mass is 10.0. The molecule has 0 bridgehead atoms. The van der Waals surface area contributed by atoms with Gasteiger partial charge in [-0.1, -0.05) is 30.3 Å². The number of carbonyl (C=O) groups is 1. The number of rotatable bonds is 5. The maximum absolute atomic E-state index is 12.2. The molecule has 1 aromatic heterocycles. The molecule has 1 saturated heterocycles. The number of hydrogen-bond donors (Lipinski definition) is 1. The monoisotopic (exact) mass is 380 g/mol. The van der Waals surface area contributed by atoms with Crippen molar-refractivity contribution in [2.45, 2.75) is 12.4 Å². The highest BCUT2D eigenvalue weighted by Gasteiger charge is 2.32. The number of benzene rings is 1. The SMILES string of the molecule is NC(=O)C(c1ccccc1)N1CCN(c2ccc(OC(F)(F)F)cn2)CC1. The van der Waals surface area contributed by atoms with E-state index < -0.39 is 18.3 Å². The molecule has 2 aromatic rings. The number of carbonyl (C=O) groups excluding carboxylic acids is 1. The number of pyridine rings is 1. The molecule has 1 unspecified atom stereocenters. The molecule has 1 atom stereocenters. The summed E-state index contributed by atoms with van der Waals surface area (Å²) >= 11 is 0. The number of anilines is 1. The van der Waals surface area contributed by atoms with Crippen molar-refractivity contribution in [2.24, 2.45) is 5.73 Å². The summed E-state index contributed by atoms with van der Waals surface area (Å²) in [6.45, 7) is 2.29. The predicted octanol–water partition coefficient (Wildman–Crippen LogP) is 2.33. The van der Waals surface area contributed by atoms with Crippen molar-refractivity contribution in [1.82, 2.24) is 9.88 Å². The van der Waals surface area contributed by atoms with Gasteiger partial charge in [0.05, 0.1) is 6.20 Å². The van der Waals surface area contributed by atoms with Crippen LogP contribution in [0.3, 0.4) is 0 Å². The van der Waals surface area contributed by atoms with Crippen LogP contribution in [0.2, 0.25) is 0 Å². The summed E-state index contributed by atoms with van der Waals surface area (Å²) in [6, 6.07) is 11.5. The third kappa shape index (κ3) is 4.88. The Hall–Kier alpha value is -2.81. The first kappa shape index (κ1) is 19.0. The Bertz CT molecular complexity index is 760. The molecular formula is C18H19F3N4O2. The first-order valence-electron chi connectivity index (χ1n) is 8.38. The number of ether oxygens (including phenoxy) is 1. The van der Waals surface area contributed by atoms with E-state index in [1.165, 1.54) is 12.1 Å². The summed E-state index contributed by atoms with van der Waals surface area (Å²) < 4.78 is 40.5. The van der Waals surface area contributed by atoms with Crippen molar-refractivity contribution in [3.05, 3.63) is 54.2 Å². The zero-order valence-corrected chi connectivity index (χ0v) is 14.4. The van der Waals surface area contributed by atoms with Crippen LogP contribution in [0.1, 0.15) is 11.6 Å². The Morgan fingerprint density at radius 3 is 2.26 bits per heavy atom. The number of nitrogens with two attached hydrogens (primary N) is 1. The fourth-order valence-electron chi connectivity index (χ4n) is 3.15. The quantitative estimate of drug-likeness (QED) is 0.862. The van der Waals surface area contributed by atoms with E-state index in [1.807, 2.05) is 40.1 Å². The molecular weight excluding hydrogens is 361 g/mol. The van der Waals surface area contributed by atoms with Gasteiger partial charge in [-0.3, -0.25) is 9.69 Å². The molecule has 1 aliphatic rings. The summed E-state index contributed by atoms with van der Waals surface area (Å²) in [5.74, 6) is -0.219. The van der Waals surface area contributed by atoms with E-state index in [1.54, 1.807) is 0 Å². The van der Waals surface area contributed by atoms with Crippen LogP contribution < -0.4 is 15.4 Å². The van der Waals surface area contributed by atoms with Gasteiger partial charge in [0.1, 0.15) is 17.6 Å². The molecule has 2 heterocycles. The molecule has 2 N–H and O–H groups in total. The van der Waals surface area contributed by atoms with Crippen LogP contribution in [0, 0.1) is 0 Å². The van der Waals surface area contributed by atoms with Crippen molar-refractivity contribution in [3.63, 3.8) is 0 Å². The van der Waals surface area contributed by atoms with E-state index in [9.17, 15) is 18.0 Å². The number of primary amides is 1. The van der Waals surface area contributed by atoms with E-state index >= 15 is 0 Å². The summed E-state index contributed by atoms with van der Waals surface area (Å²) in [7, 11) is 0. The highest BCUT2D eigenvalue weighted by Crippen LogP contribution is 2.26. The zero-order chi connectivity index (χ0) is 19.4. The Balaban J connectivity index is 1.63. The van der Waals surface area contributed by atoms with Gasteiger partial charge >= 0.3 is 6.36 Å². The Morgan fingerprint density at radius 2 is 1.74 bits per heavy atom. The third-order valence-electron chi connectivity index (χ3n) is 4.34. The van der Waals surface area contributed by atoms with Gasteiger partial charge in [-0.05, 0) is 17.7 Å². The number of amides is 1. The molecule has 1 aliphatic heterocycles. The number of piperazine rings is 1. The number of hydrogen-bond acceptors (Lipinski definition) is 5. The fraction of sp³-hybridized carbons (Fsp3) is 0.333. The van der Waals surface area contributed by atoms with Crippen molar-refractivity contribution in [1.29, 1.82) is 0 Å². The van der Waals surface area contributed by atoms with Crippen LogP contribution in [0.15, 0.2) is 48.7 Å².